The van der Waals surface area contributed by atoms with Crippen molar-refractivity contribution in [1.82, 2.24) is 9.21 Å². The maximum Gasteiger partial charge on any atom is 0.277 e. The van der Waals surface area contributed by atoms with E-state index >= 15 is 0 Å². The van der Waals surface area contributed by atoms with Crippen molar-refractivity contribution in [1.29, 1.82) is 0 Å². The van der Waals surface area contributed by atoms with Gasteiger partial charge in [-0.3, -0.25) is 4.79 Å². The molecule has 2 N–H and O–H groups in total. The first-order chi connectivity index (χ1) is 11.4. The van der Waals surface area contributed by atoms with E-state index in [4.69, 9.17) is 9.88 Å². The molecule has 2 bridgehead atoms. The van der Waals surface area contributed by atoms with Crippen molar-refractivity contribution in [3.8, 4) is 5.75 Å². The smallest absolute Gasteiger partial charge is 0.277 e. The topological polar surface area (TPSA) is 92.9 Å². The second-order valence-electron chi connectivity index (χ2n) is 6.68. The fraction of sp³-hybridized carbons (Fsp3) is 0.562. The van der Waals surface area contributed by atoms with E-state index in [-0.39, 0.29) is 18.0 Å². The Morgan fingerprint density at radius 3 is 2.79 bits per heavy atom. The zero-order valence-corrected chi connectivity index (χ0v) is 14.3. The number of rotatable bonds is 2. The zero-order chi connectivity index (χ0) is 17.1. The van der Waals surface area contributed by atoms with Crippen molar-refractivity contribution >= 4 is 16.1 Å². The summed E-state index contributed by atoms with van der Waals surface area (Å²) in [5, 5.41) is 5.46. The Morgan fingerprint density at radius 2 is 2.08 bits per heavy atom. The first-order valence-electron chi connectivity index (χ1n) is 8.20. The van der Waals surface area contributed by atoms with Crippen LogP contribution in [0.15, 0.2) is 18.2 Å². The highest BCUT2D eigenvalue weighted by Crippen LogP contribution is 2.45. The van der Waals surface area contributed by atoms with Gasteiger partial charge in [0.05, 0.1) is 19.2 Å². The SMILES string of the molecule is COc1ccc2c(c1)CCN1C(=O)C3CCCC(C21)N3S(N)(=O)=O. The molecule has 0 aliphatic carbocycles. The molecule has 1 aromatic rings. The molecule has 1 amide bonds. The largest absolute Gasteiger partial charge is 0.497 e. The van der Waals surface area contributed by atoms with Crippen LogP contribution in [0.25, 0.3) is 0 Å². The molecule has 0 aromatic heterocycles. The number of carbonyl (C=O) groups is 1. The maximum atomic E-state index is 12.9. The summed E-state index contributed by atoms with van der Waals surface area (Å²) in [6.45, 7) is 0.606. The van der Waals surface area contributed by atoms with E-state index in [9.17, 15) is 13.2 Å². The molecule has 1 aromatic carbocycles. The van der Waals surface area contributed by atoms with Gasteiger partial charge in [0.15, 0.2) is 0 Å². The van der Waals surface area contributed by atoms with E-state index in [1.54, 1.807) is 7.11 Å². The van der Waals surface area contributed by atoms with E-state index in [0.29, 0.717) is 19.4 Å². The highest BCUT2D eigenvalue weighted by Gasteiger charge is 2.54. The van der Waals surface area contributed by atoms with Gasteiger partial charge in [-0.1, -0.05) is 6.07 Å². The highest BCUT2D eigenvalue weighted by molar-refractivity contribution is 7.86. The first kappa shape index (κ1) is 15.9. The Hall–Kier alpha value is -1.64. The summed E-state index contributed by atoms with van der Waals surface area (Å²) in [6, 6.07) is 4.60. The molecule has 0 saturated carbocycles. The number of amides is 1. The minimum absolute atomic E-state index is 0.119. The third-order valence-corrected chi connectivity index (χ3v) is 6.58. The Morgan fingerprint density at radius 1 is 1.29 bits per heavy atom. The molecular weight excluding hydrogens is 330 g/mol. The molecule has 24 heavy (non-hydrogen) atoms. The Kier molecular flexibility index (Phi) is 3.59. The van der Waals surface area contributed by atoms with E-state index in [0.717, 1.165) is 29.7 Å². The third-order valence-electron chi connectivity index (χ3n) is 5.46. The van der Waals surface area contributed by atoms with Crippen LogP contribution in [0.5, 0.6) is 5.75 Å². The summed E-state index contributed by atoms with van der Waals surface area (Å²) in [5.41, 5.74) is 2.12. The molecule has 3 aliphatic heterocycles. The van der Waals surface area contributed by atoms with Crippen LogP contribution in [0, 0.1) is 0 Å². The Bertz CT molecular complexity index is 795. The summed E-state index contributed by atoms with van der Waals surface area (Å²) in [5.74, 6) is 0.653. The van der Waals surface area contributed by atoms with Crippen molar-refractivity contribution in [3.63, 3.8) is 0 Å². The molecule has 0 radical (unpaired) electrons. The van der Waals surface area contributed by atoms with Gasteiger partial charge in [0.2, 0.25) is 5.91 Å². The molecule has 0 spiro atoms. The van der Waals surface area contributed by atoms with Crippen molar-refractivity contribution < 1.29 is 17.9 Å². The van der Waals surface area contributed by atoms with Gasteiger partial charge in [0.25, 0.3) is 10.2 Å². The number of piperidine rings is 1. The summed E-state index contributed by atoms with van der Waals surface area (Å²) in [4.78, 5) is 14.8. The van der Waals surface area contributed by atoms with Crippen LogP contribution in [0.2, 0.25) is 0 Å². The predicted octanol–water partition coefficient (Wildman–Crippen LogP) is 0.561. The van der Waals surface area contributed by atoms with Crippen molar-refractivity contribution in [2.24, 2.45) is 5.14 Å². The fourth-order valence-electron chi connectivity index (χ4n) is 4.52. The second kappa shape index (κ2) is 5.44. The average Bonchev–Trinajstić information content (AvgIpc) is 2.57. The van der Waals surface area contributed by atoms with Crippen LogP contribution >= 0.6 is 0 Å². The van der Waals surface area contributed by atoms with Crippen LogP contribution < -0.4 is 9.88 Å². The summed E-state index contributed by atoms with van der Waals surface area (Å²) in [7, 11) is -2.30. The Balaban J connectivity index is 1.84. The van der Waals surface area contributed by atoms with Crippen LogP contribution in [0.3, 0.4) is 0 Å². The zero-order valence-electron chi connectivity index (χ0n) is 13.5. The number of nitrogens with zero attached hydrogens (tertiary/aromatic N) is 2. The molecule has 2 saturated heterocycles. The van der Waals surface area contributed by atoms with E-state index in [2.05, 4.69) is 0 Å². The maximum absolute atomic E-state index is 12.9. The van der Waals surface area contributed by atoms with Gasteiger partial charge >= 0.3 is 0 Å². The normalized spacial score (nSPS) is 29.8. The quantitative estimate of drug-likeness (QED) is 0.843. The number of carbonyl (C=O) groups excluding carboxylic acids is 1. The van der Waals surface area contributed by atoms with Crippen LogP contribution in [-0.4, -0.2) is 49.3 Å². The van der Waals surface area contributed by atoms with Gasteiger partial charge in [-0.2, -0.15) is 12.7 Å². The summed E-state index contributed by atoms with van der Waals surface area (Å²) in [6.07, 6.45) is 2.85. The number of methoxy groups -OCH3 is 1. The van der Waals surface area contributed by atoms with Crippen molar-refractivity contribution in [2.45, 2.75) is 43.8 Å². The predicted molar refractivity (Wildman–Crippen MR) is 87.5 cm³/mol. The second-order valence-corrected chi connectivity index (χ2v) is 8.13. The minimum Gasteiger partial charge on any atom is -0.497 e. The molecule has 2 fully saturated rings. The van der Waals surface area contributed by atoms with E-state index in [1.165, 1.54) is 4.31 Å². The monoisotopic (exact) mass is 351 g/mol. The molecule has 3 atom stereocenters. The number of piperazine rings is 1. The number of fused-ring (bicyclic) bond motifs is 6. The van der Waals surface area contributed by atoms with Crippen LogP contribution in [-0.2, 0) is 21.4 Å². The van der Waals surface area contributed by atoms with Crippen LogP contribution in [0.4, 0.5) is 0 Å². The lowest BCUT2D eigenvalue weighted by Crippen LogP contribution is -2.68. The fourth-order valence-corrected chi connectivity index (χ4v) is 5.67. The van der Waals surface area contributed by atoms with E-state index in [1.807, 2.05) is 23.1 Å². The highest BCUT2D eigenvalue weighted by atomic mass is 32.2. The third kappa shape index (κ3) is 2.24. The molecule has 3 unspecified atom stereocenters. The van der Waals surface area contributed by atoms with Gasteiger partial charge in [-0.05, 0) is 48.9 Å². The number of hydrogen-bond acceptors (Lipinski definition) is 4. The number of ether oxygens (including phenoxy) is 1. The molecular formula is C16H21N3O4S. The first-order valence-corrected chi connectivity index (χ1v) is 9.70. The summed E-state index contributed by atoms with van der Waals surface area (Å²) < 4.78 is 30.8. The number of nitrogens with two attached hydrogens (primary N) is 1. The van der Waals surface area contributed by atoms with Gasteiger partial charge in [-0.15, -0.1) is 0 Å². The lowest BCUT2D eigenvalue weighted by atomic mass is 9.80. The minimum atomic E-state index is -3.92. The molecule has 3 aliphatic rings. The molecule has 7 nitrogen and oxygen atoms in total. The van der Waals surface area contributed by atoms with Crippen LogP contribution in [0.1, 0.15) is 36.4 Å². The molecule has 3 heterocycles. The number of benzene rings is 1. The average molecular weight is 351 g/mol. The molecule has 4 rings (SSSR count). The standard InChI is InChI=1S/C16H21N3O4S/c1-23-11-5-6-12-10(9-11)7-8-18-15(12)13-3-2-4-14(16(18)20)19(13)24(17,21)22/h5-6,9,13-15H,2-4,7-8H2,1H3,(H2,17,21,22). The van der Waals surface area contributed by atoms with E-state index < -0.39 is 16.3 Å². The van der Waals surface area contributed by atoms with Gasteiger partial charge in [0.1, 0.15) is 11.8 Å². The summed E-state index contributed by atoms with van der Waals surface area (Å²) >= 11 is 0. The molecule has 130 valence electrons. The van der Waals surface area contributed by atoms with Crippen molar-refractivity contribution in [2.75, 3.05) is 13.7 Å². The lowest BCUT2D eigenvalue weighted by molar-refractivity contribution is -0.150. The van der Waals surface area contributed by atoms with Gasteiger partial charge in [-0.25, -0.2) is 5.14 Å². The number of hydrogen-bond donors (Lipinski definition) is 1. The van der Waals surface area contributed by atoms with Gasteiger partial charge < -0.3 is 9.64 Å². The van der Waals surface area contributed by atoms with Crippen molar-refractivity contribution in [3.05, 3.63) is 29.3 Å². The Labute approximate surface area is 141 Å². The lowest BCUT2D eigenvalue weighted by Gasteiger charge is -2.54. The van der Waals surface area contributed by atoms with Gasteiger partial charge in [0, 0.05) is 6.54 Å². The molecule has 8 heteroatoms.